The Bertz CT molecular complexity index is 896. The molecule has 0 fully saturated rings. The number of hydrogen-bond acceptors (Lipinski definition) is 6. The third-order valence-corrected chi connectivity index (χ3v) is 4.61. The van der Waals surface area contributed by atoms with E-state index >= 15 is 0 Å². The minimum absolute atomic E-state index is 0.221. The average Bonchev–Trinajstić information content (AvgIpc) is 2.97. The van der Waals surface area contributed by atoms with E-state index in [0.717, 1.165) is 16.9 Å². The highest BCUT2D eigenvalue weighted by atomic mass is 32.2. The van der Waals surface area contributed by atoms with Gasteiger partial charge in [-0.25, -0.2) is 9.07 Å². The van der Waals surface area contributed by atoms with E-state index in [1.54, 1.807) is 18.2 Å². The van der Waals surface area contributed by atoms with Gasteiger partial charge >= 0.3 is 0 Å². The van der Waals surface area contributed by atoms with Crippen LogP contribution < -0.4 is 15.3 Å². The molecule has 27 heavy (non-hydrogen) atoms. The predicted octanol–water partition coefficient (Wildman–Crippen LogP) is 3.50. The molecular formula is C19H21FN4O2S. The van der Waals surface area contributed by atoms with Gasteiger partial charge in [0.05, 0.1) is 6.61 Å². The molecule has 0 saturated heterocycles. The third-order valence-electron chi connectivity index (χ3n) is 3.71. The van der Waals surface area contributed by atoms with Crippen molar-refractivity contribution in [1.29, 1.82) is 0 Å². The summed E-state index contributed by atoms with van der Waals surface area (Å²) in [7, 11) is 0. The molecule has 0 unspecified atom stereocenters. The summed E-state index contributed by atoms with van der Waals surface area (Å²) < 4.78 is 26.1. The predicted molar refractivity (Wildman–Crippen MR) is 103 cm³/mol. The summed E-state index contributed by atoms with van der Waals surface area (Å²) in [6.07, 6.45) is 0. The summed E-state index contributed by atoms with van der Waals surface area (Å²) in [5.74, 6) is 7.73. The van der Waals surface area contributed by atoms with Crippen molar-refractivity contribution >= 4 is 11.8 Å². The highest BCUT2D eigenvalue weighted by molar-refractivity contribution is 7.99. The summed E-state index contributed by atoms with van der Waals surface area (Å²) >= 11 is 1.38. The van der Waals surface area contributed by atoms with Gasteiger partial charge in [-0.15, -0.1) is 10.2 Å². The van der Waals surface area contributed by atoms with Crippen LogP contribution in [-0.2, 0) is 6.61 Å². The zero-order valence-corrected chi connectivity index (χ0v) is 16.0. The van der Waals surface area contributed by atoms with Gasteiger partial charge in [0.1, 0.15) is 12.4 Å². The molecule has 0 spiro atoms. The van der Waals surface area contributed by atoms with E-state index in [1.807, 2.05) is 26.0 Å². The second kappa shape index (κ2) is 8.77. The van der Waals surface area contributed by atoms with Crippen molar-refractivity contribution in [2.45, 2.75) is 25.6 Å². The second-order valence-electron chi connectivity index (χ2n) is 6.01. The molecular weight excluding hydrogens is 367 g/mol. The number of halogens is 1. The first-order valence-electron chi connectivity index (χ1n) is 8.43. The Hall–Kier alpha value is -2.74. The van der Waals surface area contributed by atoms with E-state index in [9.17, 15) is 4.39 Å². The maximum Gasteiger partial charge on any atom is 0.210 e. The average molecular weight is 388 g/mol. The molecule has 0 atom stereocenters. The van der Waals surface area contributed by atoms with E-state index in [0.29, 0.717) is 23.3 Å². The number of rotatable bonds is 8. The maximum atomic E-state index is 13.5. The summed E-state index contributed by atoms with van der Waals surface area (Å²) in [6.45, 7) is 4.58. The maximum absolute atomic E-state index is 13.5. The zero-order valence-electron chi connectivity index (χ0n) is 15.2. The Balaban J connectivity index is 1.50. The largest absolute Gasteiger partial charge is 0.490 e. The first-order valence-corrected chi connectivity index (χ1v) is 9.42. The molecule has 3 aromatic rings. The Labute approximate surface area is 161 Å². The minimum Gasteiger partial charge on any atom is -0.490 e. The number of aryl methyl sites for hydroxylation is 2. The highest BCUT2D eigenvalue weighted by Gasteiger charge is 2.11. The topological polar surface area (TPSA) is 75.2 Å². The zero-order chi connectivity index (χ0) is 19.2. The van der Waals surface area contributed by atoms with E-state index in [-0.39, 0.29) is 18.2 Å². The number of thioether (sulfide) groups is 1. The van der Waals surface area contributed by atoms with Crippen LogP contribution in [0.1, 0.15) is 17.0 Å². The Morgan fingerprint density at radius 1 is 1.07 bits per heavy atom. The normalized spacial score (nSPS) is 10.8. The van der Waals surface area contributed by atoms with Crippen molar-refractivity contribution in [3.8, 4) is 11.5 Å². The number of aromatic nitrogens is 3. The van der Waals surface area contributed by atoms with E-state index in [1.165, 1.54) is 22.5 Å². The standard InChI is InChI=1S/C19H21FN4O2S/c1-13-9-14(2)11-15(10-13)26-12-18-22-23-19(24(18)21)27-8-7-25-17-6-4-3-5-16(17)20/h3-6,9-11H,7-8,12,21H2,1-2H3. The first-order chi connectivity index (χ1) is 13.0. The van der Waals surface area contributed by atoms with Crippen molar-refractivity contribution < 1.29 is 13.9 Å². The van der Waals surface area contributed by atoms with Crippen LogP contribution in [0.5, 0.6) is 11.5 Å². The van der Waals surface area contributed by atoms with E-state index < -0.39 is 0 Å². The number of hydrogen-bond donors (Lipinski definition) is 1. The first kappa shape index (κ1) is 19.0. The van der Waals surface area contributed by atoms with Gasteiger partial charge in [-0.1, -0.05) is 30.0 Å². The molecule has 3 rings (SSSR count). The van der Waals surface area contributed by atoms with E-state index in [2.05, 4.69) is 16.3 Å². The van der Waals surface area contributed by atoms with Crippen LogP contribution >= 0.6 is 11.8 Å². The molecule has 2 aromatic carbocycles. The minimum atomic E-state index is -0.379. The molecule has 0 aliphatic carbocycles. The molecule has 0 amide bonds. The van der Waals surface area contributed by atoms with Gasteiger partial charge in [-0.3, -0.25) is 0 Å². The summed E-state index contributed by atoms with van der Waals surface area (Å²) in [5.41, 5.74) is 2.26. The number of nitrogens with zero attached hydrogens (tertiary/aromatic N) is 3. The van der Waals surface area contributed by atoms with Crippen molar-refractivity contribution in [3.05, 3.63) is 65.2 Å². The van der Waals surface area contributed by atoms with Gasteiger partial charge < -0.3 is 15.3 Å². The number of nitrogens with two attached hydrogens (primary N) is 1. The van der Waals surface area contributed by atoms with Crippen molar-refractivity contribution in [3.63, 3.8) is 0 Å². The van der Waals surface area contributed by atoms with Crippen LogP contribution in [0.2, 0.25) is 0 Å². The van der Waals surface area contributed by atoms with Gasteiger partial charge in [-0.05, 0) is 49.2 Å². The molecule has 1 aromatic heterocycles. The molecule has 142 valence electrons. The van der Waals surface area contributed by atoms with Crippen LogP contribution in [0, 0.1) is 19.7 Å². The van der Waals surface area contributed by atoms with Crippen LogP contribution in [0.15, 0.2) is 47.6 Å². The molecule has 6 nitrogen and oxygen atoms in total. The van der Waals surface area contributed by atoms with Crippen LogP contribution in [0.3, 0.4) is 0 Å². The Morgan fingerprint density at radius 3 is 2.56 bits per heavy atom. The summed E-state index contributed by atoms with van der Waals surface area (Å²) in [4.78, 5) is 0. The van der Waals surface area contributed by atoms with Gasteiger partial charge in [0, 0.05) is 5.75 Å². The second-order valence-corrected chi connectivity index (χ2v) is 7.07. The molecule has 0 aliphatic heterocycles. The molecule has 2 N–H and O–H groups in total. The van der Waals surface area contributed by atoms with E-state index in [4.69, 9.17) is 15.3 Å². The fourth-order valence-electron chi connectivity index (χ4n) is 2.51. The quantitative estimate of drug-likeness (QED) is 0.362. The summed E-state index contributed by atoms with van der Waals surface area (Å²) in [6, 6.07) is 12.3. The fraction of sp³-hybridized carbons (Fsp3) is 0.263. The highest BCUT2D eigenvalue weighted by Crippen LogP contribution is 2.20. The SMILES string of the molecule is Cc1cc(C)cc(OCc2nnc(SCCOc3ccccc3F)n2N)c1. The lowest BCUT2D eigenvalue weighted by Crippen LogP contribution is -2.16. The van der Waals surface area contributed by atoms with Crippen LogP contribution in [0.25, 0.3) is 0 Å². The van der Waals surface area contributed by atoms with Gasteiger partial charge in [0.2, 0.25) is 5.16 Å². The fourth-order valence-corrected chi connectivity index (χ4v) is 3.21. The number of ether oxygens (including phenoxy) is 2. The molecule has 1 heterocycles. The van der Waals surface area contributed by atoms with Gasteiger partial charge in [-0.2, -0.15) is 0 Å². The number of para-hydroxylation sites is 1. The van der Waals surface area contributed by atoms with Crippen LogP contribution in [0.4, 0.5) is 4.39 Å². The molecule has 0 saturated carbocycles. The molecule has 0 aliphatic rings. The van der Waals surface area contributed by atoms with Crippen molar-refractivity contribution in [2.75, 3.05) is 18.2 Å². The van der Waals surface area contributed by atoms with Gasteiger partial charge in [0.25, 0.3) is 0 Å². The molecule has 8 heteroatoms. The monoisotopic (exact) mass is 388 g/mol. The smallest absolute Gasteiger partial charge is 0.210 e. The summed E-state index contributed by atoms with van der Waals surface area (Å²) in [5, 5.41) is 8.68. The molecule has 0 radical (unpaired) electrons. The Kier molecular flexibility index (Phi) is 6.18. The number of nitrogen functional groups attached to an aromatic ring is 1. The van der Waals surface area contributed by atoms with Crippen LogP contribution in [-0.4, -0.2) is 27.2 Å². The lowest BCUT2D eigenvalue weighted by molar-refractivity contribution is 0.291. The van der Waals surface area contributed by atoms with Gasteiger partial charge in [0.15, 0.2) is 17.4 Å². The molecule has 0 bridgehead atoms. The van der Waals surface area contributed by atoms with Crippen molar-refractivity contribution in [1.82, 2.24) is 14.9 Å². The lowest BCUT2D eigenvalue weighted by atomic mass is 10.1. The van der Waals surface area contributed by atoms with Crippen molar-refractivity contribution in [2.24, 2.45) is 0 Å². The third kappa shape index (κ3) is 5.13. The Morgan fingerprint density at radius 2 is 1.81 bits per heavy atom. The lowest BCUT2D eigenvalue weighted by Gasteiger charge is -2.08. The number of benzene rings is 2.